The minimum Gasteiger partial charge on any atom is -0.367 e. The summed E-state index contributed by atoms with van der Waals surface area (Å²) < 4.78 is 0. The van der Waals surface area contributed by atoms with Gasteiger partial charge in [-0.15, -0.1) is 0 Å². The molecule has 0 spiro atoms. The highest BCUT2D eigenvalue weighted by Crippen LogP contribution is 2.38. The lowest BCUT2D eigenvalue weighted by Gasteiger charge is -2.37. The van der Waals surface area contributed by atoms with Crippen molar-refractivity contribution < 1.29 is 0 Å². The molecule has 120 valence electrons. The van der Waals surface area contributed by atoms with Crippen LogP contribution >= 0.6 is 0 Å². The molecule has 0 saturated carbocycles. The molecule has 23 heavy (non-hydrogen) atoms. The van der Waals surface area contributed by atoms with Crippen LogP contribution in [-0.4, -0.2) is 31.1 Å². The number of rotatable bonds is 3. The molecular formula is C21H26N2. The minimum absolute atomic E-state index is 0.757. The molecule has 0 bridgehead atoms. The maximum atomic E-state index is 2.58. The van der Waals surface area contributed by atoms with E-state index in [-0.39, 0.29) is 0 Å². The topological polar surface area (TPSA) is 6.48 Å². The van der Waals surface area contributed by atoms with E-state index in [9.17, 15) is 0 Å². The molecule has 2 aromatic rings. The first-order chi connectivity index (χ1) is 11.3. The molecular weight excluding hydrogens is 280 g/mol. The van der Waals surface area contributed by atoms with Crippen LogP contribution in [-0.2, 0) is 6.54 Å². The Hall–Kier alpha value is -1.80. The Morgan fingerprint density at radius 1 is 0.957 bits per heavy atom. The van der Waals surface area contributed by atoms with Gasteiger partial charge < -0.3 is 9.80 Å². The lowest BCUT2D eigenvalue weighted by Crippen LogP contribution is -2.39. The maximum Gasteiger partial charge on any atom is 0.0449 e. The number of benzene rings is 2. The van der Waals surface area contributed by atoms with Crippen molar-refractivity contribution in [2.45, 2.75) is 38.3 Å². The first-order valence-electron chi connectivity index (χ1n) is 8.95. The fourth-order valence-corrected chi connectivity index (χ4v) is 4.20. The second-order valence-corrected chi connectivity index (χ2v) is 7.01. The van der Waals surface area contributed by atoms with Gasteiger partial charge in [-0.25, -0.2) is 0 Å². The smallest absolute Gasteiger partial charge is 0.0449 e. The SMILES string of the molecule is CN1CCCCC1CCN1Cc2ccccc2-c2ccccc21. The Bertz CT molecular complexity index is 679. The van der Waals surface area contributed by atoms with Crippen molar-refractivity contribution in [2.75, 3.05) is 25.0 Å². The average Bonchev–Trinajstić information content (AvgIpc) is 2.61. The lowest BCUT2D eigenvalue weighted by molar-refractivity contribution is 0.177. The second-order valence-electron chi connectivity index (χ2n) is 7.01. The molecule has 1 atom stereocenters. The summed E-state index contributed by atoms with van der Waals surface area (Å²) in [7, 11) is 2.29. The zero-order valence-corrected chi connectivity index (χ0v) is 14.0. The van der Waals surface area contributed by atoms with Crippen LogP contribution in [0, 0.1) is 0 Å². The summed E-state index contributed by atoms with van der Waals surface area (Å²) in [4.78, 5) is 5.15. The molecule has 0 amide bonds. The van der Waals surface area contributed by atoms with E-state index in [2.05, 4.69) is 65.4 Å². The van der Waals surface area contributed by atoms with Crippen LogP contribution in [0.5, 0.6) is 0 Å². The Morgan fingerprint density at radius 2 is 1.74 bits per heavy atom. The van der Waals surface area contributed by atoms with E-state index in [1.165, 1.54) is 54.6 Å². The van der Waals surface area contributed by atoms with Gasteiger partial charge >= 0.3 is 0 Å². The first kappa shape index (κ1) is 14.8. The van der Waals surface area contributed by atoms with E-state index in [0.717, 1.165) is 19.1 Å². The van der Waals surface area contributed by atoms with Crippen molar-refractivity contribution in [1.82, 2.24) is 4.90 Å². The van der Waals surface area contributed by atoms with Crippen LogP contribution in [0.25, 0.3) is 11.1 Å². The van der Waals surface area contributed by atoms with E-state index in [4.69, 9.17) is 0 Å². The molecule has 1 fully saturated rings. The van der Waals surface area contributed by atoms with Crippen molar-refractivity contribution in [3.8, 4) is 11.1 Å². The Balaban J connectivity index is 1.56. The van der Waals surface area contributed by atoms with E-state index in [0.29, 0.717) is 0 Å². The summed E-state index contributed by atoms with van der Waals surface area (Å²) in [6, 6.07) is 18.5. The molecule has 1 saturated heterocycles. The van der Waals surface area contributed by atoms with Crippen LogP contribution in [0.4, 0.5) is 5.69 Å². The van der Waals surface area contributed by atoms with Crippen molar-refractivity contribution in [2.24, 2.45) is 0 Å². The third-order valence-corrected chi connectivity index (χ3v) is 5.57. The van der Waals surface area contributed by atoms with Crippen molar-refractivity contribution in [3.05, 3.63) is 54.1 Å². The quantitative estimate of drug-likeness (QED) is 0.821. The fraction of sp³-hybridized carbons (Fsp3) is 0.429. The molecule has 1 unspecified atom stereocenters. The number of piperidine rings is 1. The molecule has 0 radical (unpaired) electrons. The number of fused-ring (bicyclic) bond motifs is 3. The van der Waals surface area contributed by atoms with E-state index in [1.54, 1.807) is 0 Å². The van der Waals surface area contributed by atoms with Gasteiger partial charge in [0.25, 0.3) is 0 Å². The fourth-order valence-electron chi connectivity index (χ4n) is 4.20. The zero-order valence-electron chi connectivity index (χ0n) is 14.0. The summed E-state index contributed by atoms with van der Waals surface area (Å²) in [6.45, 7) is 3.47. The third-order valence-electron chi connectivity index (χ3n) is 5.57. The van der Waals surface area contributed by atoms with E-state index >= 15 is 0 Å². The second kappa shape index (κ2) is 6.37. The molecule has 2 aliphatic rings. The van der Waals surface area contributed by atoms with Crippen molar-refractivity contribution in [3.63, 3.8) is 0 Å². The highest BCUT2D eigenvalue weighted by molar-refractivity contribution is 5.83. The number of likely N-dealkylation sites (tertiary alicyclic amines) is 1. The van der Waals surface area contributed by atoms with Gasteiger partial charge in [-0.05, 0) is 50.0 Å². The Labute approximate surface area is 139 Å². The van der Waals surface area contributed by atoms with E-state index in [1.807, 2.05) is 0 Å². The number of hydrogen-bond donors (Lipinski definition) is 0. The molecule has 2 aliphatic heterocycles. The van der Waals surface area contributed by atoms with E-state index < -0.39 is 0 Å². The highest BCUT2D eigenvalue weighted by atomic mass is 15.2. The third kappa shape index (κ3) is 2.88. The van der Waals surface area contributed by atoms with Crippen LogP contribution < -0.4 is 4.90 Å². The summed E-state index contributed by atoms with van der Waals surface area (Å²) in [5.41, 5.74) is 5.67. The van der Waals surface area contributed by atoms with Crippen LogP contribution in [0.15, 0.2) is 48.5 Å². The van der Waals surface area contributed by atoms with Gasteiger partial charge in [0.1, 0.15) is 0 Å². The van der Waals surface area contributed by atoms with Gasteiger partial charge in [0.2, 0.25) is 0 Å². The van der Waals surface area contributed by atoms with Gasteiger partial charge in [0.05, 0.1) is 0 Å². The largest absolute Gasteiger partial charge is 0.367 e. The number of hydrogen-bond acceptors (Lipinski definition) is 2. The predicted molar refractivity (Wildman–Crippen MR) is 97.8 cm³/mol. The number of nitrogens with zero attached hydrogens (tertiary/aromatic N) is 2. The standard InChI is InChI=1S/C21H26N2/c1-22-14-7-6-9-18(22)13-15-23-16-17-8-2-3-10-19(17)20-11-4-5-12-21(20)23/h2-5,8,10-12,18H,6-7,9,13-16H2,1H3. The summed E-state index contributed by atoms with van der Waals surface area (Å²) >= 11 is 0. The molecule has 2 heteroatoms. The molecule has 2 nitrogen and oxygen atoms in total. The number of anilines is 1. The van der Waals surface area contributed by atoms with Gasteiger partial charge in [-0.2, -0.15) is 0 Å². The van der Waals surface area contributed by atoms with Crippen LogP contribution in [0.3, 0.4) is 0 Å². The summed E-state index contributed by atoms with van der Waals surface area (Å²) in [5.74, 6) is 0. The Kier molecular flexibility index (Phi) is 4.09. The minimum atomic E-state index is 0.757. The molecule has 2 heterocycles. The highest BCUT2D eigenvalue weighted by Gasteiger charge is 2.24. The van der Waals surface area contributed by atoms with Crippen LogP contribution in [0.1, 0.15) is 31.2 Å². The predicted octanol–water partition coefficient (Wildman–Crippen LogP) is 4.55. The monoisotopic (exact) mass is 306 g/mol. The number of para-hydroxylation sites is 1. The van der Waals surface area contributed by atoms with Gasteiger partial charge in [-0.1, -0.05) is 48.9 Å². The summed E-state index contributed by atoms with van der Waals surface area (Å²) in [6.07, 6.45) is 5.40. The van der Waals surface area contributed by atoms with Crippen molar-refractivity contribution >= 4 is 5.69 Å². The summed E-state index contributed by atoms with van der Waals surface area (Å²) in [5, 5.41) is 0. The maximum absolute atomic E-state index is 2.58. The Morgan fingerprint density at radius 3 is 2.61 bits per heavy atom. The molecule has 0 aliphatic carbocycles. The van der Waals surface area contributed by atoms with Gasteiger partial charge in [-0.3, -0.25) is 0 Å². The van der Waals surface area contributed by atoms with Crippen LogP contribution in [0.2, 0.25) is 0 Å². The molecule has 2 aromatic carbocycles. The van der Waals surface area contributed by atoms with Crippen molar-refractivity contribution in [1.29, 1.82) is 0 Å². The lowest BCUT2D eigenvalue weighted by atomic mass is 9.92. The van der Waals surface area contributed by atoms with Gasteiger partial charge in [0.15, 0.2) is 0 Å². The molecule has 4 rings (SSSR count). The normalized spacial score (nSPS) is 20.9. The average molecular weight is 306 g/mol. The first-order valence-corrected chi connectivity index (χ1v) is 8.95. The molecule has 0 aromatic heterocycles. The van der Waals surface area contributed by atoms with Gasteiger partial charge in [0, 0.05) is 30.4 Å². The zero-order chi connectivity index (χ0) is 15.6. The molecule has 0 N–H and O–H groups in total.